The second-order valence-corrected chi connectivity index (χ2v) is 6.63. The number of rotatable bonds is 1. The van der Waals surface area contributed by atoms with Crippen LogP contribution in [0.25, 0.3) is 0 Å². The molecule has 2 fully saturated rings. The van der Waals surface area contributed by atoms with Crippen molar-refractivity contribution in [1.82, 2.24) is 4.90 Å². The highest BCUT2D eigenvalue weighted by Crippen LogP contribution is 2.48. The van der Waals surface area contributed by atoms with E-state index in [4.69, 9.17) is 23.2 Å². The van der Waals surface area contributed by atoms with Crippen molar-refractivity contribution in [2.75, 3.05) is 20.1 Å². The summed E-state index contributed by atoms with van der Waals surface area (Å²) in [6.07, 6.45) is 3.91. The van der Waals surface area contributed by atoms with Gasteiger partial charge in [-0.3, -0.25) is 0 Å². The minimum Gasteiger partial charge on any atom is -0.306 e. The van der Waals surface area contributed by atoms with Gasteiger partial charge in [0.05, 0.1) is 0 Å². The van der Waals surface area contributed by atoms with E-state index in [9.17, 15) is 0 Å². The topological polar surface area (TPSA) is 3.24 Å². The molecule has 0 N–H and O–H groups in total. The fraction of sp³-hybridized carbons (Fsp3) is 0.600. The van der Waals surface area contributed by atoms with Crippen LogP contribution in [-0.4, -0.2) is 25.0 Å². The average Bonchev–Trinajstić information content (AvgIpc) is 2.70. The Kier molecular flexibility index (Phi) is 3.57. The third kappa shape index (κ3) is 2.17. The van der Waals surface area contributed by atoms with Crippen molar-refractivity contribution >= 4 is 23.2 Å². The van der Waals surface area contributed by atoms with Gasteiger partial charge in [0.25, 0.3) is 0 Å². The lowest BCUT2D eigenvalue weighted by Crippen LogP contribution is -2.26. The number of hydrogen-bond acceptors (Lipinski definition) is 1. The minimum absolute atomic E-state index is 0.551. The SMILES string of the molecule is CN1C[C@@H]2CCC[C@@H](c3c(Cl)cccc3Cl)[C@@H]2C1. The Labute approximate surface area is 119 Å². The van der Waals surface area contributed by atoms with Crippen LogP contribution < -0.4 is 0 Å². The summed E-state index contributed by atoms with van der Waals surface area (Å²) in [4.78, 5) is 2.46. The number of hydrogen-bond donors (Lipinski definition) is 0. The van der Waals surface area contributed by atoms with Gasteiger partial charge < -0.3 is 4.90 Å². The van der Waals surface area contributed by atoms with Crippen LogP contribution in [0.15, 0.2) is 18.2 Å². The number of nitrogens with zero attached hydrogens (tertiary/aromatic N) is 1. The molecule has 1 aromatic carbocycles. The molecule has 1 aliphatic heterocycles. The zero-order valence-electron chi connectivity index (χ0n) is 10.7. The standard InChI is InChI=1S/C15H19Cl2N/c1-18-8-10-4-2-5-11(12(10)9-18)15-13(16)6-3-7-14(15)17/h3,6-7,10-12H,2,4-5,8-9H2,1H3/t10-,11+,12+/m0/s1. The van der Waals surface area contributed by atoms with Gasteiger partial charge in [-0.25, -0.2) is 0 Å². The van der Waals surface area contributed by atoms with E-state index >= 15 is 0 Å². The first-order valence-electron chi connectivity index (χ1n) is 6.79. The van der Waals surface area contributed by atoms with Crippen LogP contribution in [0.3, 0.4) is 0 Å². The first-order chi connectivity index (χ1) is 8.66. The van der Waals surface area contributed by atoms with Gasteiger partial charge in [-0.05, 0) is 55.3 Å². The molecule has 3 atom stereocenters. The maximum Gasteiger partial charge on any atom is 0.0455 e. The molecule has 2 aliphatic rings. The highest BCUT2D eigenvalue weighted by atomic mass is 35.5. The second kappa shape index (κ2) is 5.03. The molecular formula is C15H19Cl2N. The first-order valence-corrected chi connectivity index (χ1v) is 7.55. The van der Waals surface area contributed by atoms with E-state index in [0.717, 1.165) is 21.9 Å². The zero-order chi connectivity index (χ0) is 12.7. The molecule has 0 aromatic heterocycles. The fourth-order valence-corrected chi connectivity index (χ4v) is 4.60. The lowest BCUT2D eigenvalue weighted by atomic mass is 9.71. The quantitative estimate of drug-likeness (QED) is 0.737. The molecule has 0 bridgehead atoms. The van der Waals surface area contributed by atoms with Gasteiger partial charge in [0, 0.05) is 23.1 Å². The van der Waals surface area contributed by atoms with Gasteiger partial charge in [-0.2, -0.15) is 0 Å². The summed E-state index contributed by atoms with van der Waals surface area (Å²) in [7, 11) is 2.23. The molecule has 98 valence electrons. The molecule has 0 unspecified atom stereocenters. The van der Waals surface area contributed by atoms with Crippen LogP contribution in [0.2, 0.25) is 10.0 Å². The van der Waals surface area contributed by atoms with Crippen molar-refractivity contribution in [3.63, 3.8) is 0 Å². The van der Waals surface area contributed by atoms with Crippen molar-refractivity contribution in [3.8, 4) is 0 Å². The van der Waals surface area contributed by atoms with Crippen LogP contribution >= 0.6 is 23.2 Å². The Morgan fingerprint density at radius 3 is 2.56 bits per heavy atom. The molecule has 1 saturated heterocycles. The number of fused-ring (bicyclic) bond motifs is 1. The van der Waals surface area contributed by atoms with Gasteiger partial charge in [0.15, 0.2) is 0 Å². The molecule has 0 amide bonds. The molecular weight excluding hydrogens is 265 g/mol. The molecule has 3 rings (SSSR count). The van der Waals surface area contributed by atoms with Crippen LogP contribution in [0.1, 0.15) is 30.7 Å². The van der Waals surface area contributed by atoms with E-state index in [1.165, 1.54) is 37.9 Å². The Hall–Kier alpha value is -0.240. The van der Waals surface area contributed by atoms with E-state index in [1.54, 1.807) is 0 Å². The Morgan fingerprint density at radius 2 is 1.83 bits per heavy atom. The molecule has 1 nitrogen and oxygen atoms in total. The van der Waals surface area contributed by atoms with Gasteiger partial charge in [0.2, 0.25) is 0 Å². The molecule has 3 heteroatoms. The molecule has 1 aliphatic carbocycles. The maximum atomic E-state index is 6.39. The molecule has 0 radical (unpaired) electrons. The highest BCUT2D eigenvalue weighted by Gasteiger charge is 2.40. The summed E-state index contributed by atoms with van der Waals surface area (Å²) in [6.45, 7) is 2.43. The smallest absolute Gasteiger partial charge is 0.0455 e. The minimum atomic E-state index is 0.551. The summed E-state index contributed by atoms with van der Waals surface area (Å²) >= 11 is 12.8. The predicted octanol–water partition coefficient (Wildman–Crippen LogP) is 4.44. The van der Waals surface area contributed by atoms with E-state index in [2.05, 4.69) is 11.9 Å². The average molecular weight is 284 g/mol. The predicted molar refractivity (Wildman–Crippen MR) is 77.5 cm³/mol. The van der Waals surface area contributed by atoms with Crippen molar-refractivity contribution in [2.45, 2.75) is 25.2 Å². The molecule has 1 aromatic rings. The Morgan fingerprint density at radius 1 is 1.11 bits per heavy atom. The fourth-order valence-electron chi connectivity index (χ4n) is 3.92. The third-order valence-electron chi connectivity index (χ3n) is 4.65. The van der Waals surface area contributed by atoms with Crippen LogP contribution in [0, 0.1) is 11.8 Å². The van der Waals surface area contributed by atoms with Crippen LogP contribution in [-0.2, 0) is 0 Å². The summed E-state index contributed by atoms with van der Waals surface area (Å²) in [6, 6.07) is 5.89. The van der Waals surface area contributed by atoms with E-state index in [0.29, 0.717) is 5.92 Å². The number of benzene rings is 1. The number of halogens is 2. The van der Waals surface area contributed by atoms with Gasteiger partial charge >= 0.3 is 0 Å². The first kappa shape index (κ1) is 12.8. The van der Waals surface area contributed by atoms with Crippen molar-refractivity contribution in [2.24, 2.45) is 11.8 Å². The summed E-state index contributed by atoms with van der Waals surface area (Å²) in [5.41, 5.74) is 1.20. The monoisotopic (exact) mass is 283 g/mol. The normalized spacial score (nSPS) is 32.5. The zero-order valence-corrected chi connectivity index (χ0v) is 12.2. The molecule has 18 heavy (non-hydrogen) atoms. The Balaban J connectivity index is 1.95. The second-order valence-electron chi connectivity index (χ2n) is 5.82. The lowest BCUT2D eigenvalue weighted by Gasteiger charge is -2.34. The highest BCUT2D eigenvalue weighted by molar-refractivity contribution is 6.36. The maximum absolute atomic E-state index is 6.39. The van der Waals surface area contributed by atoms with Crippen molar-refractivity contribution in [3.05, 3.63) is 33.8 Å². The van der Waals surface area contributed by atoms with Gasteiger partial charge in [0.1, 0.15) is 0 Å². The number of likely N-dealkylation sites (tertiary alicyclic amines) is 1. The molecule has 0 spiro atoms. The van der Waals surface area contributed by atoms with E-state index in [1.807, 2.05) is 18.2 Å². The summed E-state index contributed by atoms with van der Waals surface area (Å²) < 4.78 is 0. The summed E-state index contributed by atoms with van der Waals surface area (Å²) in [5.74, 6) is 2.12. The van der Waals surface area contributed by atoms with Crippen LogP contribution in [0.4, 0.5) is 0 Å². The molecule has 1 saturated carbocycles. The third-order valence-corrected chi connectivity index (χ3v) is 5.31. The Bertz CT molecular complexity index is 426. The van der Waals surface area contributed by atoms with Crippen molar-refractivity contribution in [1.29, 1.82) is 0 Å². The largest absolute Gasteiger partial charge is 0.306 e. The van der Waals surface area contributed by atoms with Gasteiger partial charge in [-0.15, -0.1) is 0 Å². The molecule has 1 heterocycles. The van der Waals surface area contributed by atoms with E-state index < -0.39 is 0 Å². The van der Waals surface area contributed by atoms with E-state index in [-0.39, 0.29) is 0 Å². The lowest BCUT2D eigenvalue weighted by molar-refractivity contribution is 0.258. The van der Waals surface area contributed by atoms with Gasteiger partial charge in [-0.1, -0.05) is 35.7 Å². The van der Waals surface area contributed by atoms with Crippen LogP contribution in [0.5, 0.6) is 0 Å². The summed E-state index contributed by atoms with van der Waals surface area (Å²) in [5, 5.41) is 1.70. The van der Waals surface area contributed by atoms with Crippen molar-refractivity contribution < 1.29 is 0 Å².